The fraction of sp³-hybridized carbons (Fsp3) is 0.536. The molecule has 2 rings (SSSR count). The van der Waals surface area contributed by atoms with Crippen molar-refractivity contribution in [1.29, 1.82) is 0 Å². The Labute approximate surface area is 216 Å². The summed E-state index contributed by atoms with van der Waals surface area (Å²) in [4.78, 5) is 11.8. The van der Waals surface area contributed by atoms with Gasteiger partial charge in [0.15, 0.2) is 14.6 Å². The van der Waals surface area contributed by atoms with E-state index in [-0.39, 0.29) is 25.0 Å². The third-order valence-corrected chi connectivity index (χ3v) is 11.1. The summed E-state index contributed by atoms with van der Waals surface area (Å²) in [5.41, 5.74) is 1.91. The maximum atomic E-state index is 11.8. The topological polar surface area (TPSA) is 83.5 Å². The molecule has 0 fully saturated rings. The fourth-order valence-corrected chi connectivity index (χ4v) is 4.28. The van der Waals surface area contributed by atoms with Gasteiger partial charge in [0.1, 0.15) is 31.2 Å². The molecule has 1 N–H and O–H groups in total. The highest BCUT2D eigenvalue weighted by Crippen LogP contribution is 2.37. The maximum Gasteiger partial charge on any atom is 0.192 e. The first-order valence-corrected chi connectivity index (χ1v) is 15.2. The number of hydrogen-bond donors (Lipinski definition) is 1. The molecule has 4 atom stereocenters. The summed E-state index contributed by atoms with van der Waals surface area (Å²) in [5.74, 6) is 0. The molecule has 0 unspecified atom stereocenters. The number of ether oxygens (including phenoxy) is 4. The number of carbonyl (C=O) groups is 1. The molecule has 2 aromatic carbocycles. The van der Waals surface area contributed by atoms with Crippen molar-refractivity contribution in [2.75, 3.05) is 20.5 Å². The third-order valence-electron chi connectivity index (χ3n) is 6.56. The molecule has 2 aromatic rings. The lowest BCUT2D eigenvalue weighted by Crippen LogP contribution is -2.52. The quantitative estimate of drug-likeness (QED) is 0.195. The van der Waals surface area contributed by atoms with E-state index in [9.17, 15) is 9.90 Å². The second-order valence-corrected chi connectivity index (χ2v) is 15.1. The minimum atomic E-state index is -2.14. The van der Waals surface area contributed by atoms with E-state index < -0.39 is 32.7 Å². The van der Waals surface area contributed by atoms with Crippen LogP contribution in [0.3, 0.4) is 0 Å². The van der Waals surface area contributed by atoms with Crippen LogP contribution in [0.5, 0.6) is 0 Å². The van der Waals surface area contributed by atoms with Crippen LogP contribution in [-0.4, -0.2) is 64.6 Å². The van der Waals surface area contributed by atoms with E-state index in [2.05, 4.69) is 33.9 Å². The maximum absolute atomic E-state index is 11.8. The first-order valence-electron chi connectivity index (χ1n) is 12.3. The van der Waals surface area contributed by atoms with Crippen LogP contribution in [0, 0.1) is 0 Å². The smallest absolute Gasteiger partial charge is 0.192 e. The van der Waals surface area contributed by atoms with Crippen LogP contribution in [0.15, 0.2) is 60.7 Å². The highest BCUT2D eigenvalue weighted by molar-refractivity contribution is 6.74. The van der Waals surface area contributed by atoms with Crippen LogP contribution >= 0.6 is 0 Å². The Bertz CT molecular complexity index is 870. The number of aldehydes is 1. The van der Waals surface area contributed by atoms with Gasteiger partial charge < -0.3 is 33.3 Å². The number of methoxy groups -OCH3 is 1. The highest BCUT2D eigenvalue weighted by atomic mass is 28.4. The van der Waals surface area contributed by atoms with Gasteiger partial charge in [-0.2, -0.15) is 0 Å². The molecule has 0 spiro atoms. The first-order chi connectivity index (χ1) is 17.1. The second-order valence-electron chi connectivity index (χ2n) is 10.3. The largest absolute Gasteiger partial charge is 0.414 e. The summed E-state index contributed by atoms with van der Waals surface area (Å²) in [6, 6.07) is 19.4. The molecule has 0 bridgehead atoms. The molecule has 0 saturated carbocycles. The monoisotopic (exact) mass is 518 g/mol. The van der Waals surface area contributed by atoms with Crippen molar-refractivity contribution in [3.63, 3.8) is 0 Å². The Morgan fingerprint density at radius 2 is 1.42 bits per heavy atom. The SMILES string of the molecule is COCO[C@H](C=O)[C@H](O)[C@H](OCc1ccccc1)[C@H](CO[Si](C)(C)C(C)(C)C)OCc1ccccc1. The van der Waals surface area contributed by atoms with Crippen molar-refractivity contribution in [2.45, 2.75) is 76.5 Å². The van der Waals surface area contributed by atoms with Gasteiger partial charge in [0.25, 0.3) is 0 Å². The van der Waals surface area contributed by atoms with Gasteiger partial charge in [-0.3, -0.25) is 0 Å². The minimum absolute atomic E-state index is 0.0110. The van der Waals surface area contributed by atoms with Crippen molar-refractivity contribution < 1.29 is 33.3 Å². The summed E-state index contributed by atoms with van der Waals surface area (Å²) < 4.78 is 29.4. The highest BCUT2D eigenvalue weighted by Gasteiger charge is 2.41. The van der Waals surface area contributed by atoms with Gasteiger partial charge in [0.05, 0.1) is 19.8 Å². The number of aliphatic hydroxyl groups excluding tert-OH is 1. The lowest BCUT2D eigenvalue weighted by molar-refractivity contribution is -0.186. The molecule has 0 aromatic heterocycles. The number of rotatable bonds is 16. The van der Waals surface area contributed by atoms with Crippen molar-refractivity contribution in [3.8, 4) is 0 Å². The molecule has 0 aliphatic rings. The average molecular weight is 519 g/mol. The van der Waals surface area contributed by atoms with Gasteiger partial charge in [-0.25, -0.2) is 0 Å². The number of hydrogen-bond acceptors (Lipinski definition) is 7. The van der Waals surface area contributed by atoms with Crippen molar-refractivity contribution >= 4 is 14.6 Å². The molecule has 0 radical (unpaired) electrons. The van der Waals surface area contributed by atoms with E-state index in [1.807, 2.05) is 60.7 Å². The number of benzene rings is 2. The second kappa shape index (κ2) is 14.7. The summed E-state index contributed by atoms with van der Waals surface area (Å²) in [6.07, 6.45) is -3.45. The molecular weight excluding hydrogens is 476 g/mol. The number of carbonyl (C=O) groups excluding carboxylic acids is 1. The van der Waals surface area contributed by atoms with Crippen LogP contribution < -0.4 is 0 Å². The summed E-state index contributed by atoms with van der Waals surface area (Å²) in [7, 11) is -0.683. The Morgan fingerprint density at radius 3 is 1.89 bits per heavy atom. The molecule has 7 nitrogen and oxygen atoms in total. The zero-order valence-corrected chi connectivity index (χ0v) is 23.4. The van der Waals surface area contributed by atoms with E-state index in [1.165, 1.54) is 7.11 Å². The van der Waals surface area contributed by atoms with E-state index in [0.29, 0.717) is 12.9 Å². The lowest BCUT2D eigenvalue weighted by Gasteiger charge is -2.39. The predicted octanol–water partition coefficient (Wildman–Crippen LogP) is 4.73. The van der Waals surface area contributed by atoms with Gasteiger partial charge in [-0.1, -0.05) is 81.4 Å². The molecule has 0 heterocycles. The van der Waals surface area contributed by atoms with E-state index >= 15 is 0 Å². The standard InChI is InChI=1S/C28H42O7Si/c1-28(2,3)36(5,6)35-20-25(32-18-22-13-9-7-10-14-22)27(26(30)24(17-29)34-21-31-4)33-19-23-15-11-8-12-16-23/h7-17,24-27,30H,18-21H2,1-6H3/t24-,25+,26+,27-/m1/s1. The summed E-state index contributed by atoms with van der Waals surface area (Å²) in [6.45, 7) is 11.4. The predicted molar refractivity (Wildman–Crippen MR) is 142 cm³/mol. The van der Waals surface area contributed by atoms with Crippen LogP contribution in [0.4, 0.5) is 0 Å². The van der Waals surface area contributed by atoms with E-state index in [0.717, 1.165) is 11.1 Å². The summed E-state index contributed by atoms with van der Waals surface area (Å²) in [5, 5.41) is 11.3. The molecule has 0 aliphatic heterocycles. The molecular formula is C28H42O7Si. The fourth-order valence-electron chi connectivity index (χ4n) is 3.27. The molecule has 200 valence electrons. The molecule has 0 saturated heterocycles. The van der Waals surface area contributed by atoms with Gasteiger partial charge in [0, 0.05) is 7.11 Å². The van der Waals surface area contributed by atoms with Gasteiger partial charge in [0.2, 0.25) is 0 Å². The molecule has 0 aliphatic carbocycles. The lowest BCUT2D eigenvalue weighted by atomic mass is 10.0. The Morgan fingerprint density at radius 1 is 0.889 bits per heavy atom. The van der Waals surface area contributed by atoms with Gasteiger partial charge in [-0.15, -0.1) is 0 Å². The Hall–Kier alpha value is -1.91. The average Bonchev–Trinajstić information content (AvgIpc) is 2.86. The van der Waals surface area contributed by atoms with E-state index in [1.54, 1.807) is 0 Å². The Balaban J connectivity index is 2.32. The van der Waals surface area contributed by atoms with Crippen molar-refractivity contribution in [2.24, 2.45) is 0 Å². The van der Waals surface area contributed by atoms with Crippen LogP contribution in [0.1, 0.15) is 31.9 Å². The van der Waals surface area contributed by atoms with Crippen LogP contribution in [0.2, 0.25) is 18.1 Å². The minimum Gasteiger partial charge on any atom is -0.414 e. The van der Waals surface area contributed by atoms with Gasteiger partial charge >= 0.3 is 0 Å². The van der Waals surface area contributed by atoms with Crippen LogP contribution in [-0.2, 0) is 41.4 Å². The third kappa shape index (κ3) is 9.52. The van der Waals surface area contributed by atoms with Crippen LogP contribution in [0.25, 0.3) is 0 Å². The molecule has 36 heavy (non-hydrogen) atoms. The van der Waals surface area contributed by atoms with Crippen molar-refractivity contribution in [3.05, 3.63) is 71.8 Å². The van der Waals surface area contributed by atoms with Crippen molar-refractivity contribution in [1.82, 2.24) is 0 Å². The Kier molecular flexibility index (Phi) is 12.4. The summed E-state index contributed by atoms with van der Waals surface area (Å²) >= 11 is 0. The van der Waals surface area contributed by atoms with Gasteiger partial charge in [-0.05, 0) is 29.3 Å². The zero-order chi connectivity index (χ0) is 26.6. The van der Waals surface area contributed by atoms with E-state index in [4.69, 9.17) is 23.4 Å². The first kappa shape index (κ1) is 30.3. The number of aliphatic hydroxyl groups is 1. The molecule has 0 amide bonds. The normalized spacial score (nSPS) is 15.8. The zero-order valence-electron chi connectivity index (χ0n) is 22.4. The molecule has 8 heteroatoms.